The molecule has 0 radical (unpaired) electrons. The smallest absolute Gasteiger partial charge is 0.389 e. The van der Waals surface area contributed by atoms with Crippen molar-refractivity contribution in [2.75, 3.05) is 5.75 Å². The second-order valence-electron chi connectivity index (χ2n) is 4.44. The molecule has 0 saturated carbocycles. The van der Waals surface area contributed by atoms with Crippen molar-refractivity contribution in [1.29, 1.82) is 0 Å². The second kappa shape index (κ2) is 6.60. The minimum atomic E-state index is -4.51. The number of halogens is 3. The number of benzene rings is 1. The van der Waals surface area contributed by atoms with E-state index in [-0.39, 0.29) is 16.4 Å². The standard InChI is InChI=1S/C13H15F3O3S/c1-7-3-9(5-10(4-7)13(14,15)16)12(19)11(18)6-20-8(2)17/h3-5,11-12,18-19H,6H2,1-2H3. The van der Waals surface area contributed by atoms with Crippen LogP contribution in [-0.4, -0.2) is 27.2 Å². The Labute approximate surface area is 118 Å². The molecule has 20 heavy (non-hydrogen) atoms. The molecule has 0 spiro atoms. The van der Waals surface area contributed by atoms with E-state index in [0.717, 1.165) is 23.9 Å². The zero-order valence-corrected chi connectivity index (χ0v) is 11.8. The van der Waals surface area contributed by atoms with Gasteiger partial charge in [-0.3, -0.25) is 4.79 Å². The van der Waals surface area contributed by atoms with Crippen LogP contribution in [-0.2, 0) is 11.0 Å². The van der Waals surface area contributed by atoms with Gasteiger partial charge in [0.2, 0.25) is 0 Å². The van der Waals surface area contributed by atoms with Crippen molar-refractivity contribution < 1.29 is 28.2 Å². The van der Waals surface area contributed by atoms with Crippen molar-refractivity contribution in [3.05, 3.63) is 34.9 Å². The fourth-order valence-corrected chi connectivity index (χ4v) is 2.25. The van der Waals surface area contributed by atoms with E-state index >= 15 is 0 Å². The van der Waals surface area contributed by atoms with E-state index in [2.05, 4.69) is 0 Å². The summed E-state index contributed by atoms with van der Waals surface area (Å²) in [6.07, 6.45) is -7.30. The number of alkyl halides is 3. The fraction of sp³-hybridized carbons (Fsp3) is 0.462. The lowest BCUT2D eigenvalue weighted by Gasteiger charge is -2.19. The fourth-order valence-electron chi connectivity index (χ4n) is 1.66. The van der Waals surface area contributed by atoms with Gasteiger partial charge in [0.1, 0.15) is 6.10 Å². The molecule has 0 fully saturated rings. The van der Waals surface area contributed by atoms with Gasteiger partial charge in [-0.15, -0.1) is 0 Å². The van der Waals surface area contributed by atoms with Crippen LogP contribution in [0.15, 0.2) is 18.2 Å². The Morgan fingerprint density at radius 2 is 1.90 bits per heavy atom. The van der Waals surface area contributed by atoms with Crippen molar-refractivity contribution in [2.24, 2.45) is 0 Å². The molecular formula is C13H15F3O3S. The van der Waals surface area contributed by atoms with Crippen molar-refractivity contribution >= 4 is 16.9 Å². The molecule has 7 heteroatoms. The molecule has 0 saturated heterocycles. The van der Waals surface area contributed by atoms with Crippen LogP contribution in [0.25, 0.3) is 0 Å². The number of thioether (sulfide) groups is 1. The van der Waals surface area contributed by atoms with Crippen LogP contribution in [0.3, 0.4) is 0 Å². The molecule has 2 N–H and O–H groups in total. The quantitative estimate of drug-likeness (QED) is 0.898. The number of aryl methyl sites for hydroxylation is 1. The first-order chi connectivity index (χ1) is 9.11. The van der Waals surface area contributed by atoms with Crippen molar-refractivity contribution in [1.82, 2.24) is 0 Å². The molecule has 1 rings (SSSR count). The molecule has 0 bridgehead atoms. The molecule has 0 aliphatic carbocycles. The van der Waals surface area contributed by atoms with Gasteiger partial charge >= 0.3 is 6.18 Å². The van der Waals surface area contributed by atoms with E-state index in [4.69, 9.17) is 0 Å². The summed E-state index contributed by atoms with van der Waals surface area (Å²) in [4.78, 5) is 10.8. The topological polar surface area (TPSA) is 57.5 Å². The summed E-state index contributed by atoms with van der Waals surface area (Å²) in [5.41, 5.74) is -0.563. The van der Waals surface area contributed by atoms with Crippen molar-refractivity contribution in [3.8, 4) is 0 Å². The number of hydrogen-bond donors (Lipinski definition) is 2. The molecule has 2 atom stereocenters. The molecule has 0 aliphatic rings. The highest BCUT2D eigenvalue weighted by Crippen LogP contribution is 2.32. The lowest BCUT2D eigenvalue weighted by atomic mass is 9.99. The average Bonchev–Trinajstić information content (AvgIpc) is 2.33. The highest BCUT2D eigenvalue weighted by Gasteiger charge is 2.32. The van der Waals surface area contributed by atoms with Crippen LogP contribution in [0.2, 0.25) is 0 Å². The monoisotopic (exact) mass is 308 g/mol. The highest BCUT2D eigenvalue weighted by molar-refractivity contribution is 8.13. The van der Waals surface area contributed by atoms with Gasteiger partial charge in [-0.05, 0) is 24.6 Å². The van der Waals surface area contributed by atoms with Gasteiger partial charge in [0.05, 0.1) is 11.7 Å². The maximum atomic E-state index is 12.7. The van der Waals surface area contributed by atoms with Crippen LogP contribution in [0.4, 0.5) is 13.2 Å². The van der Waals surface area contributed by atoms with E-state index < -0.39 is 23.9 Å². The third-order valence-electron chi connectivity index (χ3n) is 2.59. The van der Waals surface area contributed by atoms with E-state index in [1.165, 1.54) is 19.9 Å². The summed E-state index contributed by atoms with van der Waals surface area (Å²) in [7, 11) is 0. The molecule has 0 aliphatic heterocycles. The first kappa shape index (κ1) is 17.0. The lowest BCUT2D eigenvalue weighted by Crippen LogP contribution is -2.22. The van der Waals surface area contributed by atoms with Crippen LogP contribution in [0.5, 0.6) is 0 Å². The van der Waals surface area contributed by atoms with Crippen molar-refractivity contribution in [3.63, 3.8) is 0 Å². The van der Waals surface area contributed by atoms with E-state index in [0.29, 0.717) is 5.56 Å². The number of aliphatic hydroxyl groups is 2. The van der Waals surface area contributed by atoms with Gasteiger partial charge in [-0.2, -0.15) is 13.2 Å². The van der Waals surface area contributed by atoms with E-state index in [9.17, 15) is 28.2 Å². The molecule has 112 valence electrons. The molecule has 0 amide bonds. The largest absolute Gasteiger partial charge is 0.416 e. The van der Waals surface area contributed by atoms with Gasteiger partial charge in [-0.1, -0.05) is 23.4 Å². The Bertz CT molecular complexity index is 488. The number of carbonyl (C=O) groups is 1. The molecule has 0 aromatic heterocycles. The average molecular weight is 308 g/mol. The summed E-state index contributed by atoms with van der Waals surface area (Å²) in [6.45, 7) is 2.78. The van der Waals surface area contributed by atoms with Crippen LogP contribution in [0, 0.1) is 6.92 Å². The maximum Gasteiger partial charge on any atom is 0.416 e. The zero-order valence-electron chi connectivity index (χ0n) is 10.9. The summed E-state index contributed by atoms with van der Waals surface area (Å²) >= 11 is 0.805. The minimum absolute atomic E-state index is 0.0195. The maximum absolute atomic E-state index is 12.7. The normalized spacial score (nSPS) is 14.9. The number of carbonyl (C=O) groups excluding carboxylic acids is 1. The molecule has 1 aromatic rings. The zero-order chi connectivity index (χ0) is 15.5. The second-order valence-corrected chi connectivity index (χ2v) is 5.64. The molecule has 2 unspecified atom stereocenters. The lowest BCUT2D eigenvalue weighted by molar-refractivity contribution is -0.137. The molecule has 0 heterocycles. The number of hydrogen-bond acceptors (Lipinski definition) is 4. The Hall–Kier alpha value is -1.05. The van der Waals surface area contributed by atoms with Gasteiger partial charge in [-0.25, -0.2) is 0 Å². The molecule has 3 nitrogen and oxygen atoms in total. The summed E-state index contributed by atoms with van der Waals surface area (Å²) < 4.78 is 38.0. The third-order valence-corrected chi connectivity index (χ3v) is 3.51. The number of aliphatic hydroxyl groups excluding tert-OH is 2. The summed E-state index contributed by atoms with van der Waals surface area (Å²) in [6, 6.07) is 3.15. The summed E-state index contributed by atoms with van der Waals surface area (Å²) in [5, 5.41) is 19.3. The van der Waals surface area contributed by atoms with Gasteiger partial charge in [0.15, 0.2) is 5.12 Å². The van der Waals surface area contributed by atoms with Gasteiger partial charge < -0.3 is 10.2 Å². The SMILES string of the molecule is CC(=O)SCC(O)C(O)c1cc(C)cc(C(F)(F)F)c1. The Balaban J connectivity index is 2.95. The van der Waals surface area contributed by atoms with Crippen molar-refractivity contribution in [2.45, 2.75) is 32.2 Å². The Kier molecular flexibility index (Phi) is 5.61. The minimum Gasteiger partial charge on any atom is -0.389 e. The predicted molar refractivity (Wildman–Crippen MR) is 70.3 cm³/mol. The summed E-state index contributed by atoms with van der Waals surface area (Å²) in [5.74, 6) is -0.0776. The highest BCUT2D eigenvalue weighted by atomic mass is 32.2. The van der Waals surface area contributed by atoms with Gasteiger partial charge in [0.25, 0.3) is 0 Å². The third kappa shape index (κ3) is 4.81. The first-order valence-corrected chi connectivity index (χ1v) is 6.78. The first-order valence-electron chi connectivity index (χ1n) is 5.79. The van der Waals surface area contributed by atoms with Crippen LogP contribution < -0.4 is 0 Å². The predicted octanol–water partition coefficient (Wildman–Crippen LogP) is 2.69. The Morgan fingerprint density at radius 1 is 1.30 bits per heavy atom. The van der Waals surface area contributed by atoms with Gasteiger partial charge in [0, 0.05) is 12.7 Å². The van der Waals surface area contributed by atoms with Crippen LogP contribution >= 0.6 is 11.8 Å². The van der Waals surface area contributed by atoms with E-state index in [1.54, 1.807) is 0 Å². The van der Waals surface area contributed by atoms with Crippen LogP contribution in [0.1, 0.15) is 29.7 Å². The molecular weight excluding hydrogens is 293 g/mol. The van der Waals surface area contributed by atoms with E-state index in [1.807, 2.05) is 0 Å². The Morgan fingerprint density at radius 3 is 2.40 bits per heavy atom. The molecule has 1 aromatic carbocycles. The number of rotatable bonds is 4.